The molecule has 1 aliphatic carbocycles. The zero-order chi connectivity index (χ0) is 39.2. The summed E-state index contributed by atoms with van der Waals surface area (Å²) in [6.07, 6.45) is 44.7. The average molecular weight is 761 g/mol. The molecule has 0 heterocycles. The topological polar surface area (TPSA) is 116 Å². The maximum absolute atomic E-state index is 12.6. The Morgan fingerprint density at radius 3 is 0.796 bits per heavy atom. The van der Waals surface area contributed by atoms with Crippen molar-refractivity contribution in [2.45, 2.75) is 257 Å². The second-order valence-electron chi connectivity index (χ2n) is 16.6. The smallest absolute Gasteiger partial charge is 0.309 e. The Balaban J connectivity index is 2.03. The highest BCUT2D eigenvalue weighted by Gasteiger charge is 2.30. The van der Waals surface area contributed by atoms with Gasteiger partial charge in [0.25, 0.3) is 0 Å². The summed E-state index contributed by atoms with van der Waals surface area (Å²) in [6.45, 7) is 5.53. The minimum absolute atomic E-state index is 0.357. The number of nitrogens with one attached hydrogen (secondary N) is 4. The van der Waals surface area contributed by atoms with E-state index >= 15 is 0 Å². The highest BCUT2D eigenvalue weighted by atomic mass is 16.2. The average Bonchev–Trinajstić information content (AvgIpc) is 3.17. The molecule has 1 saturated carbocycles. The molecule has 0 aromatic rings. The molecule has 4 N–H and O–H groups in total. The van der Waals surface area contributed by atoms with Crippen LogP contribution in [0.2, 0.25) is 0 Å². The molecule has 8 heteroatoms. The van der Waals surface area contributed by atoms with Crippen molar-refractivity contribution < 1.29 is 19.2 Å². The van der Waals surface area contributed by atoms with Crippen molar-refractivity contribution in [3.8, 4) is 0 Å². The minimum Gasteiger partial charge on any atom is -0.348 e. The van der Waals surface area contributed by atoms with Gasteiger partial charge in [0.2, 0.25) is 0 Å². The highest BCUT2D eigenvalue weighted by molar-refractivity contribution is 6.35. The van der Waals surface area contributed by atoms with Gasteiger partial charge in [-0.15, -0.1) is 0 Å². The lowest BCUT2D eigenvalue weighted by Gasteiger charge is -2.32. The van der Waals surface area contributed by atoms with Gasteiger partial charge in [0, 0.05) is 25.2 Å². The fourth-order valence-corrected chi connectivity index (χ4v) is 7.85. The summed E-state index contributed by atoms with van der Waals surface area (Å²) in [4.78, 5) is 50.2. The molecule has 2 unspecified atom stereocenters. The number of unbranched alkanes of at least 4 members (excludes halogenated alkanes) is 30. The van der Waals surface area contributed by atoms with Crippen LogP contribution < -0.4 is 21.3 Å². The zero-order valence-electron chi connectivity index (χ0n) is 35.7. The second-order valence-corrected chi connectivity index (χ2v) is 16.6. The summed E-state index contributed by atoms with van der Waals surface area (Å²) < 4.78 is 0. The molecule has 0 bridgehead atoms. The fraction of sp³-hybridized carbons (Fsp3) is 0.913. The fourth-order valence-electron chi connectivity index (χ4n) is 7.85. The van der Waals surface area contributed by atoms with Crippen LogP contribution >= 0.6 is 0 Å². The minimum atomic E-state index is -0.661. The Labute approximate surface area is 333 Å². The van der Waals surface area contributed by atoms with Crippen LogP contribution in [0.25, 0.3) is 0 Å². The van der Waals surface area contributed by atoms with Gasteiger partial charge in [-0.05, 0) is 25.7 Å². The molecule has 0 saturated heterocycles. The van der Waals surface area contributed by atoms with Gasteiger partial charge in [-0.2, -0.15) is 0 Å². The van der Waals surface area contributed by atoms with E-state index in [2.05, 4.69) is 35.1 Å². The zero-order valence-corrected chi connectivity index (χ0v) is 35.7. The molecule has 0 aliphatic heterocycles. The van der Waals surface area contributed by atoms with Crippen molar-refractivity contribution in [2.75, 3.05) is 13.1 Å². The first-order valence-corrected chi connectivity index (χ1v) is 23.7. The van der Waals surface area contributed by atoms with Gasteiger partial charge in [-0.3, -0.25) is 19.2 Å². The molecular weight excluding hydrogens is 673 g/mol. The lowest BCUT2D eigenvalue weighted by Crippen LogP contribution is -2.57. The molecule has 0 spiro atoms. The van der Waals surface area contributed by atoms with Gasteiger partial charge in [-0.1, -0.05) is 219 Å². The van der Waals surface area contributed by atoms with Crippen LogP contribution in [0.4, 0.5) is 0 Å². The first-order chi connectivity index (χ1) is 26.5. The molecule has 4 amide bonds. The number of carbonyl (C=O) groups excluding carboxylic acids is 4. The summed E-state index contributed by atoms with van der Waals surface area (Å²) in [5.41, 5.74) is 0. The van der Waals surface area contributed by atoms with E-state index in [0.717, 1.165) is 51.4 Å². The third kappa shape index (κ3) is 30.1. The van der Waals surface area contributed by atoms with E-state index in [1.165, 1.54) is 167 Å². The number of rotatable bonds is 36. The third-order valence-electron chi connectivity index (χ3n) is 11.4. The van der Waals surface area contributed by atoms with Crippen molar-refractivity contribution in [2.24, 2.45) is 0 Å². The Morgan fingerprint density at radius 1 is 0.333 bits per heavy atom. The van der Waals surface area contributed by atoms with Crippen molar-refractivity contribution in [3.05, 3.63) is 0 Å². The van der Waals surface area contributed by atoms with Gasteiger partial charge in [0.15, 0.2) is 0 Å². The molecule has 1 rings (SSSR count). The summed E-state index contributed by atoms with van der Waals surface area (Å²) >= 11 is 0. The summed E-state index contributed by atoms with van der Waals surface area (Å²) in [6, 6.07) is -0.714. The van der Waals surface area contributed by atoms with Gasteiger partial charge in [0.05, 0.1) is 0 Å². The molecule has 0 aromatic carbocycles. The molecule has 8 nitrogen and oxygen atoms in total. The standard InChI is InChI=1S/C46H88N4O4/c1-3-5-7-9-11-13-15-17-19-21-23-25-27-29-31-35-39-47-43(51)45(53)49-41-37-33-34-38-42(41)50-46(54)44(52)48-40-36-32-30-28-26-24-22-20-18-16-14-12-10-8-6-4-2/h41-42H,3-40H2,1-2H3,(H,47,51)(H,48,52)(H,49,53)(H,50,54). The van der Waals surface area contributed by atoms with Crippen molar-refractivity contribution in [1.29, 1.82) is 0 Å². The summed E-state index contributed by atoms with van der Waals surface area (Å²) in [7, 11) is 0. The van der Waals surface area contributed by atoms with E-state index in [0.29, 0.717) is 25.9 Å². The molecule has 1 aliphatic rings. The van der Waals surface area contributed by atoms with Crippen molar-refractivity contribution in [1.82, 2.24) is 21.3 Å². The number of hydrogen-bond acceptors (Lipinski definition) is 4. The lowest BCUT2D eigenvalue weighted by molar-refractivity contribution is -0.141. The van der Waals surface area contributed by atoms with Crippen LogP contribution in [0.15, 0.2) is 0 Å². The third-order valence-corrected chi connectivity index (χ3v) is 11.4. The summed E-state index contributed by atoms with van der Waals surface area (Å²) in [5.74, 6) is -2.57. The van der Waals surface area contributed by atoms with E-state index in [-0.39, 0.29) is 12.1 Å². The van der Waals surface area contributed by atoms with Gasteiger partial charge in [-0.25, -0.2) is 0 Å². The highest BCUT2D eigenvalue weighted by Crippen LogP contribution is 2.19. The maximum Gasteiger partial charge on any atom is 0.309 e. The predicted molar refractivity (Wildman–Crippen MR) is 227 cm³/mol. The van der Waals surface area contributed by atoms with Crippen LogP contribution in [0.3, 0.4) is 0 Å². The normalized spacial score (nSPS) is 15.5. The number of hydrogen-bond donors (Lipinski definition) is 4. The predicted octanol–water partition coefficient (Wildman–Crippen LogP) is 11.3. The molecular formula is C46H88N4O4. The molecule has 54 heavy (non-hydrogen) atoms. The van der Waals surface area contributed by atoms with Gasteiger partial charge in [0.1, 0.15) is 0 Å². The largest absolute Gasteiger partial charge is 0.348 e. The van der Waals surface area contributed by atoms with Crippen LogP contribution in [0, 0.1) is 0 Å². The Hall–Kier alpha value is -2.12. The Bertz CT molecular complexity index is 841. The lowest BCUT2D eigenvalue weighted by atomic mass is 9.90. The van der Waals surface area contributed by atoms with Crippen molar-refractivity contribution in [3.63, 3.8) is 0 Å². The molecule has 1 fully saturated rings. The Kier molecular flexibility index (Phi) is 34.9. The van der Waals surface area contributed by atoms with Crippen LogP contribution in [0.5, 0.6) is 0 Å². The molecule has 316 valence electrons. The van der Waals surface area contributed by atoms with Gasteiger partial charge < -0.3 is 21.3 Å². The van der Waals surface area contributed by atoms with Crippen molar-refractivity contribution >= 4 is 23.6 Å². The monoisotopic (exact) mass is 761 g/mol. The quantitative estimate of drug-likeness (QED) is 0.0376. The number of carbonyl (C=O) groups is 4. The van der Waals surface area contributed by atoms with Crippen LogP contribution in [0.1, 0.15) is 245 Å². The van der Waals surface area contributed by atoms with Crippen LogP contribution in [-0.2, 0) is 19.2 Å². The van der Waals surface area contributed by atoms with Crippen LogP contribution in [-0.4, -0.2) is 48.8 Å². The number of amides is 4. The van der Waals surface area contributed by atoms with E-state index in [1.54, 1.807) is 0 Å². The molecule has 0 radical (unpaired) electrons. The van der Waals surface area contributed by atoms with E-state index in [4.69, 9.17) is 0 Å². The van der Waals surface area contributed by atoms with E-state index in [9.17, 15) is 19.2 Å². The molecule has 0 aromatic heterocycles. The maximum atomic E-state index is 12.6. The van der Waals surface area contributed by atoms with E-state index < -0.39 is 23.6 Å². The second kappa shape index (κ2) is 37.8. The first-order valence-electron chi connectivity index (χ1n) is 23.7. The SMILES string of the molecule is CCCCCCCCCCCCCCCCCCNC(=O)C(=O)NC1CCCCC1NC(=O)C(=O)NCCCCCCCCCCCCCCCCCC. The van der Waals surface area contributed by atoms with E-state index in [1.807, 2.05) is 0 Å². The van der Waals surface area contributed by atoms with Gasteiger partial charge >= 0.3 is 23.6 Å². The Morgan fingerprint density at radius 2 is 0.556 bits per heavy atom. The first kappa shape index (κ1) is 49.9. The molecule has 2 atom stereocenters. The summed E-state index contributed by atoms with van der Waals surface area (Å²) in [5, 5.41) is 11.2.